The number of rotatable bonds is 6. The van der Waals surface area contributed by atoms with E-state index < -0.39 is 0 Å². The van der Waals surface area contributed by atoms with Gasteiger partial charge < -0.3 is 15.8 Å². The van der Waals surface area contributed by atoms with Gasteiger partial charge in [0, 0.05) is 18.7 Å². The Labute approximate surface area is 105 Å². The summed E-state index contributed by atoms with van der Waals surface area (Å²) in [5.41, 5.74) is 5.14. The van der Waals surface area contributed by atoms with Crippen LogP contribution in [0, 0.1) is 0 Å². The molecule has 1 atom stereocenters. The van der Waals surface area contributed by atoms with Crippen LogP contribution in [0.2, 0.25) is 0 Å². The van der Waals surface area contributed by atoms with E-state index in [9.17, 15) is 9.59 Å². The van der Waals surface area contributed by atoms with E-state index in [1.54, 1.807) is 13.8 Å². The van der Waals surface area contributed by atoms with E-state index in [-0.39, 0.29) is 24.1 Å². The second kappa shape index (κ2) is 6.75. The summed E-state index contributed by atoms with van der Waals surface area (Å²) in [6.07, 6.45) is 1.39. The van der Waals surface area contributed by atoms with Crippen molar-refractivity contribution in [2.75, 3.05) is 13.2 Å². The maximum Gasteiger partial charge on any atom is 0.270 e. The molecule has 0 aliphatic heterocycles. The number of carbonyl (C=O) groups is 1. The number of carbonyl (C=O) groups excluding carboxylic acids is 1. The van der Waals surface area contributed by atoms with E-state index in [0.29, 0.717) is 18.9 Å². The Morgan fingerprint density at radius 1 is 1.67 bits per heavy atom. The Hall–Kier alpha value is -1.89. The molecule has 1 unspecified atom stereocenters. The van der Waals surface area contributed by atoms with Crippen molar-refractivity contribution >= 4 is 5.91 Å². The highest BCUT2D eigenvalue weighted by atomic mass is 16.5. The SMILES string of the molecule is CCNC(=O)Cn1ncc(OCC(C)N)cc1=O. The zero-order valence-corrected chi connectivity index (χ0v) is 10.5. The second-order valence-electron chi connectivity index (χ2n) is 3.93. The third kappa shape index (κ3) is 4.54. The fourth-order valence-electron chi connectivity index (χ4n) is 1.23. The first-order valence-electron chi connectivity index (χ1n) is 5.75. The van der Waals surface area contributed by atoms with Crippen LogP contribution >= 0.6 is 0 Å². The van der Waals surface area contributed by atoms with E-state index in [2.05, 4.69) is 10.4 Å². The van der Waals surface area contributed by atoms with E-state index in [4.69, 9.17) is 10.5 Å². The lowest BCUT2D eigenvalue weighted by molar-refractivity contribution is -0.121. The van der Waals surface area contributed by atoms with Crippen molar-refractivity contribution in [2.45, 2.75) is 26.4 Å². The zero-order valence-electron chi connectivity index (χ0n) is 10.5. The molecule has 0 aliphatic carbocycles. The lowest BCUT2D eigenvalue weighted by atomic mass is 10.4. The molecule has 1 amide bonds. The summed E-state index contributed by atoms with van der Waals surface area (Å²) in [7, 11) is 0. The third-order valence-electron chi connectivity index (χ3n) is 2.02. The molecule has 1 rings (SSSR count). The van der Waals surface area contributed by atoms with Crippen LogP contribution in [0.5, 0.6) is 5.75 Å². The molecule has 0 saturated heterocycles. The summed E-state index contributed by atoms with van der Waals surface area (Å²) in [5, 5.41) is 6.45. The van der Waals surface area contributed by atoms with Gasteiger partial charge in [-0.25, -0.2) is 4.68 Å². The average Bonchev–Trinajstić information content (AvgIpc) is 2.30. The molecule has 0 aliphatic rings. The highest BCUT2D eigenvalue weighted by Gasteiger charge is 2.06. The topological polar surface area (TPSA) is 99.2 Å². The predicted octanol–water partition coefficient (Wildman–Crippen LogP) is -0.895. The van der Waals surface area contributed by atoms with Crippen LogP contribution in [-0.4, -0.2) is 34.9 Å². The van der Waals surface area contributed by atoms with Gasteiger partial charge in [-0.1, -0.05) is 0 Å². The van der Waals surface area contributed by atoms with Gasteiger partial charge >= 0.3 is 0 Å². The molecular formula is C11H18N4O3. The minimum Gasteiger partial charge on any atom is -0.490 e. The first-order valence-corrected chi connectivity index (χ1v) is 5.75. The molecule has 0 fully saturated rings. The first kappa shape index (κ1) is 14.2. The van der Waals surface area contributed by atoms with Gasteiger partial charge in [0.15, 0.2) is 0 Å². The van der Waals surface area contributed by atoms with Gasteiger partial charge in [-0.2, -0.15) is 5.10 Å². The van der Waals surface area contributed by atoms with Gasteiger partial charge in [0.05, 0.1) is 6.20 Å². The van der Waals surface area contributed by atoms with E-state index in [1.165, 1.54) is 12.3 Å². The van der Waals surface area contributed by atoms with Crippen LogP contribution in [0.1, 0.15) is 13.8 Å². The van der Waals surface area contributed by atoms with Crippen molar-refractivity contribution in [3.8, 4) is 5.75 Å². The van der Waals surface area contributed by atoms with Crippen LogP contribution in [-0.2, 0) is 11.3 Å². The van der Waals surface area contributed by atoms with Gasteiger partial charge in [0.1, 0.15) is 18.9 Å². The quantitative estimate of drug-likeness (QED) is 0.685. The van der Waals surface area contributed by atoms with E-state index >= 15 is 0 Å². The maximum atomic E-state index is 11.6. The number of hydrogen-bond acceptors (Lipinski definition) is 5. The molecule has 1 aromatic heterocycles. The Morgan fingerprint density at radius 2 is 2.39 bits per heavy atom. The molecule has 100 valence electrons. The molecule has 0 aromatic carbocycles. The van der Waals surface area contributed by atoms with Crippen molar-refractivity contribution in [3.05, 3.63) is 22.6 Å². The Balaban J connectivity index is 2.68. The van der Waals surface area contributed by atoms with Crippen molar-refractivity contribution in [1.82, 2.24) is 15.1 Å². The normalized spacial score (nSPS) is 11.9. The van der Waals surface area contributed by atoms with Gasteiger partial charge in [-0.05, 0) is 13.8 Å². The van der Waals surface area contributed by atoms with Crippen molar-refractivity contribution < 1.29 is 9.53 Å². The maximum absolute atomic E-state index is 11.6. The zero-order chi connectivity index (χ0) is 13.5. The highest BCUT2D eigenvalue weighted by Crippen LogP contribution is 2.03. The Bertz CT molecular complexity index is 456. The van der Waals surface area contributed by atoms with Crippen LogP contribution in [0.3, 0.4) is 0 Å². The first-order chi connectivity index (χ1) is 8.52. The number of nitrogens with one attached hydrogen (secondary N) is 1. The number of amides is 1. The number of hydrogen-bond donors (Lipinski definition) is 2. The Kier molecular flexibility index (Phi) is 5.31. The van der Waals surface area contributed by atoms with Gasteiger partial charge in [0.2, 0.25) is 5.91 Å². The number of aromatic nitrogens is 2. The monoisotopic (exact) mass is 254 g/mol. The van der Waals surface area contributed by atoms with Gasteiger partial charge in [-0.15, -0.1) is 0 Å². The number of likely N-dealkylation sites (N-methyl/N-ethyl adjacent to an activating group) is 1. The van der Waals surface area contributed by atoms with Crippen LogP contribution < -0.4 is 21.3 Å². The molecule has 3 N–H and O–H groups in total. The fraction of sp³-hybridized carbons (Fsp3) is 0.545. The minimum atomic E-state index is -0.386. The molecule has 18 heavy (non-hydrogen) atoms. The number of ether oxygens (including phenoxy) is 1. The minimum absolute atomic E-state index is 0.0970. The van der Waals surface area contributed by atoms with E-state index in [0.717, 1.165) is 4.68 Å². The van der Waals surface area contributed by atoms with Crippen molar-refractivity contribution in [3.63, 3.8) is 0 Å². The van der Waals surface area contributed by atoms with Gasteiger partial charge in [-0.3, -0.25) is 9.59 Å². The summed E-state index contributed by atoms with van der Waals surface area (Å²) in [4.78, 5) is 22.9. The molecule has 1 aromatic rings. The van der Waals surface area contributed by atoms with Crippen LogP contribution in [0.25, 0.3) is 0 Å². The number of nitrogens with two attached hydrogens (primary N) is 1. The largest absolute Gasteiger partial charge is 0.490 e. The Morgan fingerprint density at radius 3 is 2.94 bits per heavy atom. The van der Waals surface area contributed by atoms with Gasteiger partial charge in [0.25, 0.3) is 5.56 Å². The standard InChI is InChI=1S/C11H18N4O3/c1-3-13-10(16)6-15-11(17)4-9(5-14-15)18-7-8(2)12/h4-5,8H,3,6-7,12H2,1-2H3,(H,13,16). The van der Waals surface area contributed by atoms with Crippen LogP contribution in [0.4, 0.5) is 0 Å². The molecule has 7 nitrogen and oxygen atoms in total. The van der Waals surface area contributed by atoms with Crippen LogP contribution in [0.15, 0.2) is 17.1 Å². The molecule has 7 heteroatoms. The summed E-state index contributed by atoms with van der Waals surface area (Å²) in [6, 6.07) is 1.16. The summed E-state index contributed by atoms with van der Waals surface area (Å²) < 4.78 is 6.33. The van der Waals surface area contributed by atoms with Crippen molar-refractivity contribution in [1.29, 1.82) is 0 Å². The smallest absolute Gasteiger partial charge is 0.270 e. The molecular weight excluding hydrogens is 236 g/mol. The molecule has 0 saturated carbocycles. The summed E-state index contributed by atoms with van der Waals surface area (Å²) >= 11 is 0. The lowest BCUT2D eigenvalue weighted by Crippen LogP contribution is -2.33. The highest BCUT2D eigenvalue weighted by molar-refractivity contribution is 5.75. The summed E-state index contributed by atoms with van der Waals surface area (Å²) in [6.45, 7) is 4.33. The number of nitrogens with zero attached hydrogens (tertiary/aromatic N) is 2. The molecule has 0 spiro atoms. The molecule has 0 radical (unpaired) electrons. The van der Waals surface area contributed by atoms with Crippen molar-refractivity contribution in [2.24, 2.45) is 5.73 Å². The predicted molar refractivity (Wildman–Crippen MR) is 66.3 cm³/mol. The third-order valence-corrected chi connectivity index (χ3v) is 2.02. The average molecular weight is 254 g/mol. The molecule has 1 heterocycles. The molecule has 0 bridgehead atoms. The summed E-state index contributed by atoms with van der Waals surface area (Å²) in [5.74, 6) is 0.0980. The fourth-order valence-corrected chi connectivity index (χ4v) is 1.23. The van der Waals surface area contributed by atoms with E-state index in [1.807, 2.05) is 0 Å². The lowest BCUT2D eigenvalue weighted by Gasteiger charge is -2.09. The second-order valence-corrected chi connectivity index (χ2v) is 3.93.